The van der Waals surface area contributed by atoms with Crippen molar-refractivity contribution in [2.45, 2.75) is 19.5 Å². The quantitative estimate of drug-likeness (QED) is 0.527. The molecule has 1 unspecified atom stereocenters. The Balaban J connectivity index is 2.53. The minimum absolute atomic E-state index is 0.203. The van der Waals surface area contributed by atoms with Crippen molar-refractivity contribution in [2.75, 3.05) is 0 Å². The summed E-state index contributed by atoms with van der Waals surface area (Å²) in [6.07, 6.45) is 3.47. The molecule has 16 heavy (non-hydrogen) atoms. The average molecular weight is 220 g/mol. The molecule has 0 heterocycles. The van der Waals surface area contributed by atoms with Crippen LogP contribution in [0.15, 0.2) is 30.3 Å². The van der Waals surface area contributed by atoms with E-state index in [1.165, 1.54) is 6.08 Å². The lowest BCUT2D eigenvalue weighted by atomic mass is 10.2. The summed E-state index contributed by atoms with van der Waals surface area (Å²) in [7, 11) is 0. The second kappa shape index (κ2) is 5.92. The first-order valence-electron chi connectivity index (χ1n) is 5.15. The fourth-order valence-corrected chi connectivity index (χ4v) is 1.09. The van der Waals surface area contributed by atoms with Crippen LogP contribution in [0.2, 0.25) is 0 Å². The molecule has 4 heteroatoms. The van der Waals surface area contributed by atoms with Crippen LogP contribution in [0.4, 0.5) is 0 Å². The Morgan fingerprint density at radius 2 is 2.12 bits per heavy atom. The summed E-state index contributed by atoms with van der Waals surface area (Å²) in [6.45, 7) is 1.90. The van der Waals surface area contributed by atoms with Gasteiger partial charge in [0.1, 0.15) is 5.75 Å². The lowest BCUT2D eigenvalue weighted by molar-refractivity contribution is -0.117. The van der Waals surface area contributed by atoms with E-state index < -0.39 is 0 Å². The second-order valence-corrected chi connectivity index (χ2v) is 3.45. The van der Waals surface area contributed by atoms with Gasteiger partial charge in [0, 0.05) is 6.08 Å². The maximum absolute atomic E-state index is 11.3. The number of hydrogen-bond acceptors (Lipinski definition) is 3. The molecule has 1 atom stereocenters. The third kappa shape index (κ3) is 4.14. The molecule has 1 aromatic carbocycles. The lowest BCUT2D eigenvalue weighted by Gasteiger charge is -2.08. The third-order valence-corrected chi connectivity index (χ3v) is 2.09. The van der Waals surface area contributed by atoms with E-state index in [1.54, 1.807) is 30.3 Å². The van der Waals surface area contributed by atoms with Crippen molar-refractivity contribution in [3.63, 3.8) is 0 Å². The van der Waals surface area contributed by atoms with Crippen molar-refractivity contribution in [3.8, 4) is 5.75 Å². The maximum Gasteiger partial charge on any atom is 0.245 e. The Labute approximate surface area is 94.8 Å². The summed E-state index contributed by atoms with van der Waals surface area (Å²) in [5, 5.41) is 11.7. The largest absolute Gasteiger partial charge is 0.508 e. The van der Waals surface area contributed by atoms with Crippen LogP contribution in [0.3, 0.4) is 0 Å². The van der Waals surface area contributed by atoms with Crippen LogP contribution in [0.1, 0.15) is 18.9 Å². The molecule has 1 amide bonds. The van der Waals surface area contributed by atoms with Crippen molar-refractivity contribution < 1.29 is 9.90 Å². The van der Waals surface area contributed by atoms with Crippen molar-refractivity contribution in [1.82, 2.24) is 5.32 Å². The van der Waals surface area contributed by atoms with Gasteiger partial charge in [-0.05, 0) is 30.2 Å². The van der Waals surface area contributed by atoms with Crippen molar-refractivity contribution >= 4 is 12.0 Å². The van der Waals surface area contributed by atoms with Crippen LogP contribution < -0.4 is 11.1 Å². The molecular formula is C12H16N2O2. The van der Waals surface area contributed by atoms with Crippen LogP contribution in [0.25, 0.3) is 6.08 Å². The van der Waals surface area contributed by atoms with E-state index in [2.05, 4.69) is 5.32 Å². The molecule has 1 rings (SSSR count). The van der Waals surface area contributed by atoms with Crippen molar-refractivity contribution in [3.05, 3.63) is 35.9 Å². The minimum Gasteiger partial charge on any atom is -0.508 e. The van der Waals surface area contributed by atoms with Gasteiger partial charge in [0.05, 0.1) is 6.17 Å². The number of phenols is 1. The predicted octanol–water partition coefficient (Wildman–Crippen LogP) is 1.22. The molecule has 0 aliphatic rings. The highest BCUT2D eigenvalue weighted by Crippen LogP contribution is 2.10. The van der Waals surface area contributed by atoms with Crippen LogP contribution >= 0.6 is 0 Å². The molecule has 0 spiro atoms. The highest BCUT2D eigenvalue weighted by molar-refractivity contribution is 5.91. The second-order valence-electron chi connectivity index (χ2n) is 3.45. The molecule has 1 aromatic rings. The van der Waals surface area contributed by atoms with Crippen LogP contribution in [0, 0.1) is 0 Å². The molecule has 0 saturated carbocycles. The zero-order chi connectivity index (χ0) is 12.0. The van der Waals surface area contributed by atoms with E-state index in [0.29, 0.717) is 6.42 Å². The number of phenolic OH excluding ortho intramolecular Hbond substituents is 1. The Bertz CT molecular complexity index is 371. The molecule has 0 saturated heterocycles. The molecular weight excluding hydrogens is 204 g/mol. The number of rotatable bonds is 4. The van der Waals surface area contributed by atoms with E-state index >= 15 is 0 Å². The van der Waals surface area contributed by atoms with Gasteiger partial charge in [-0.3, -0.25) is 4.79 Å². The minimum atomic E-state index is -0.308. The summed E-state index contributed by atoms with van der Waals surface area (Å²) in [5.41, 5.74) is 6.41. The smallest absolute Gasteiger partial charge is 0.245 e. The SMILES string of the molecule is CCC(N)NC(=O)/C=C/c1ccc(O)cc1. The number of carbonyl (C=O) groups excluding carboxylic acids is 1. The van der Waals surface area contributed by atoms with E-state index in [9.17, 15) is 4.79 Å². The van der Waals surface area contributed by atoms with E-state index in [4.69, 9.17) is 10.8 Å². The number of carbonyl (C=O) groups is 1. The number of aromatic hydroxyl groups is 1. The number of hydrogen-bond donors (Lipinski definition) is 3. The van der Waals surface area contributed by atoms with E-state index in [1.807, 2.05) is 6.92 Å². The number of amides is 1. The summed E-state index contributed by atoms with van der Waals surface area (Å²) in [6, 6.07) is 6.57. The van der Waals surface area contributed by atoms with E-state index in [-0.39, 0.29) is 17.8 Å². The van der Waals surface area contributed by atoms with Gasteiger partial charge >= 0.3 is 0 Å². The highest BCUT2D eigenvalue weighted by atomic mass is 16.3. The Kier molecular flexibility index (Phi) is 4.54. The molecule has 0 radical (unpaired) electrons. The first-order chi connectivity index (χ1) is 7.61. The summed E-state index contributed by atoms with van der Waals surface area (Å²) in [4.78, 5) is 11.3. The summed E-state index contributed by atoms with van der Waals surface area (Å²) >= 11 is 0. The Morgan fingerprint density at radius 3 is 2.69 bits per heavy atom. The summed E-state index contributed by atoms with van der Waals surface area (Å²) in [5.74, 6) is -0.0166. The van der Waals surface area contributed by atoms with Gasteiger partial charge in [-0.25, -0.2) is 0 Å². The molecule has 0 fully saturated rings. The average Bonchev–Trinajstić information content (AvgIpc) is 2.28. The third-order valence-electron chi connectivity index (χ3n) is 2.09. The summed E-state index contributed by atoms with van der Waals surface area (Å²) < 4.78 is 0. The zero-order valence-corrected chi connectivity index (χ0v) is 9.18. The monoisotopic (exact) mass is 220 g/mol. The maximum atomic E-state index is 11.3. The molecule has 0 aliphatic carbocycles. The van der Waals surface area contributed by atoms with Gasteiger partial charge in [0.25, 0.3) is 0 Å². The number of nitrogens with one attached hydrogen (secondary N) is 1. The first kappa shape index (κ1) is 12.3. The van der Waals surface area contributed by atoms with Crippen molar-refractivity contribution in [1.29, 1.82) is 0 Å². The topological polar surface area (TPSA) is 75.3 Å². The Hall–Kier alpha value is -1.81. The predicted molar refractivity (Wildman–Crippen MR) is 63.5 cm³/mol. The normalized spacial score (nSPS) is 12.6. The Morgan fingerprint density at radius 1 is 1.50 bits per heavy atom. The molecule has 86 valence electrons. The van der Waals surface area contributed by atoms with Gasteiger partial charge < -0.3 is 16.2 Å². The van der Waals surface area contributed by atoms with Gasteiger partial charge in [-0.15, -0.1) is 0 Å². The van der Waals surface area contributed by atoms with Crippen LogP contribution in [-0.4, -0.2) is 17.2 Å². The van der Waals surface area contributed by atoms with Crippen molar-refractivity contribution in [2.24, 2.45) is 5.73 Å². The van der Waals surface area contributed by atoms with Crippen LogP contribution in [-0.2, 0) is 4.79 Å². The molecule has 4 nitrogen and oxygen atoms in total. The fourth-order valence-electron chi connectivity index (χ4n) is 1.09. The standard InChI is InChI=1S/C12H16N2O2/c1-2-11(13)14-12(16)8-5-9-3-6-10(15)7-4-9/h3-8,11,15H,2,13H2,1H3,(H,14,16)/b8-5+. The molecule has 0 bridgehead atoms. The zero-order valence-electron chi connectivity index (χ0n) is 9.18. The van der Waals surface area contributed by atoms with E-state index in [0.717, 1.165) is 5.56 Å². The van der Waals surface area contributed by atoms with Gasteiger partial charge in [-0.2, -0.15) is 0 Å². The number of nitrogens with two attached hydrogens (primary N) is 1. The first-order valence-corrected chi connectivity index (χ1v) is 5.15. The van der Waals surface area contributed by atoms with Crippen LogP contribution in [0.5, 0.6) is 5.75 Å². The van der Waals surface area contributed by atoms with Gasteiger partial charge in [0.2, 0.25) is 5.91 Å². The molecule has 0 aliphatic heterocycles. The lowest BCUT2D eigenvalue weighted by Crippen LogP contribution is -2.39. The highest BCUT2D eigenvalue weighted by Gasteiger charge is 2.00. The molecule has 0 aromatic heterocycles. The van der Waals surface area contributed by atoms with Gasteiger partial charge in [-0.1, -0.05) is 19.1 Å². The fraction of sp³-hybridized carbons (Fsp3) is 0.250. The van der Waals surface area contributed by atoms with Gasteiger partial charge in [0.15, 0.2) is 0 Å². The molecule has 4 N–H and O–H groups in total. The number of benzene rings is 1.